The van der Waals surface area contributed by atoms with Gasteiger partial charge >= 0.3 is 5.97 Å². The molecule has 3 aromatic rings. The van der Waals surface area contributed by atoms with Crippen LogP contribution in [0.25, 0.3) is 10.8 Å². The number of carbonyl (C=O) groups excluding carboxylic acids is 1. The van der Waals surface area contributed by atoms with Gasteiger partial charge < -0.3 is 10.5 Å². The second-order valence-corrected chi connectivity index (χ2v) is 4.45. The Balaban J connectivity index is 0.00000121. The lowest BCUT2D eigenvalue weighted by Crippen LogP contribution is -2.08. The summed E-state index contributed by atoms with van der Waals surface area (Å²) >= 11 is 0. The number of rotatable bonds is 2. The summed E-state index contributed by atoms with van der Waals surface area (Å²) in [6.45, 7) is 0. The molecule has 0 heterocycles. The summed E-state index contributed by atoms with van der Waals surface area (Å²) in [5.41, 5.74) is 7.11. The number of esters is 1. The monoisotopic (exact) mass is 335 g/mol. The lowest BCUT2D eigenvalue weighted by molar-refractivity contribution is 0.0737. The van der Waals surface area contributed by atoms with Crippen molar-refractivity contribution in [3.63, 3.8) is 0 Å². The van der Waals surface area contributed by atoms with Crippen molar-refractivity contribution >= 4 is 47.2 Å². The predicted molar refractivity (Wildman–Crippen MR) is 94.3 cm³/mol. The summed E-state index contributed by atoms with van der Waals surface area (Å²) in [5.74, 6) is 0.143. The van der Waals surface area contributed by atoms with Crippen molar-refractivity contribution in [2.24, 2.45) is 0 Å². The molecular weight excluding hydrogens is 321 g/mol. The summed E-state index contributed by atoms with van der Waals surface area (Å²) in [7, 11) is 0. The van der Waals surface area contributed by atoms with Crippen molar-refractivity contribution in [2.45, 2.75) is 0 Å². The van der Waals surface area contributed by atoms with Gasteiger partial charge in [-0.1, -0.05) is 42.5 Å². The molecule has 5 heteroatoms. The summed E-state index contributed by atoms with van der Waals surface area (Å²) in [5, 5.41) is 1.71. The zero-order valence-electron chi connectivity index (χ0n) is 11.6. The fourth-order valence-electron chi connectivity index (χ4n) is 2.12. The Kier molecular flexibility index (Phi) is 6.23. The molecule has 0 aliphatic heterocycles. The van der Waals surface area contributed by atoms with Gasteiger partial charge in [0.15, 0.2) is 0 Å². The highest BCUT2D eigenvalue weighted by atomic mass is 35.5. The third-order valence-electron chi connectivity index (χ3n) is 3.13. The fourth-order valence-corrected chi connectivity index (χ4v) is 2.12. The van der Waals surface area contributed by atoms with E-state index in [9.17, 15) is 4.79 Å². The van der Waals surface area contributed by atoms with Gasteiger partial charge in [-0.05, 0) is 24.3 Å². The first-order chi connectivity index (χ1) is 9.75. The van der Waals surface area contributed by atoms with E-state index in [1.165, 1.54) is 0 Å². The minimum atomic E-state index is -0.375. The quantitative estimate of drug-likeness (QED) is 0.426. The van der Waals surface area contributed by atoms with E-state index in [0.717, 1.165) is 10.8 Å². The van der Waals surface area contributed by atoms with E-state index in [4.69, 9.17) is 10.5 Å². The van der Waals surface area contributed by atoms with Gasteiger partial charge in [0.2, 0.25) is 0 Å². The molecule has 0 spiro atoms. The van der Waals surface area contributed by atoms with Crippen molar-refractivity contribution in [1.82, 2.24) is 0 Å². The molecule has 0 radical (unpaired) electrons. The first kappa shape index (κ1) is 17.8. The summed E-state index contributed by atoms with van der Waals surface area (Å²) in [6, 6.07) is 20.0. The van der Waals surface area contributed by atoms with E-state index >= 15 is 0 Å². The third kappa shape index (κ3) is 3.50. The molecule has 0 bridgehead atoms. The largest absolute Gasteiger partial charge is 0.422 e. The van der Waals surface area contributed by atoms with Crippen molar-refractivity contribution < 1.29 is 9.53 Å². The maximum atomic E-state index is 12.1. The standard InChI is InChI=1S/C17H13NO2.2ClH/c18-15-10-11-16(14-9-5-4-8-13(14)15)20-17(19)12-6-2-1-3-7-12;;/h1-11H,18H2;2*1H. The molecular formula is C17H15Cl2NO2. The zero-order valence-corrected chi connectivity index (χ0v) is 13.2. The Labute approximate surface area is 140 Å². The summed E-state index contributed by atoms with van der Waals surface area (Å²) in [6.07, 6.45) is 0. The van der Waals surface area contributed by atoms with Crippen molar-refractivity contribution in [1.29, 1.82) is 0 Å². The Morgan fingerprint density at radius 3 is 2.05 bits per heavy atom. The maximum Gasteiger partial charge on any atom is 0.343 e. The molecule has 0 saturated heterocycles. The van der Waals surface area contributed by atoms with Crippen LogP contribution < -0.4 is 10.5 Å². The highest BCUT2D eigenvalue weighted by Crippen LogP contribution is 2.30. The Bertz CT molecular complexity index is 776. The van der Waals surface area contributed by atoms with Crippen LogP contribution in [0.5, 0.6) is 5.75 Å². The van der Waals surface area contributed by atoms with Crippen molar-refractivity contribution in [2.75, 3.05) is 5.73 Å². The number of hydrogen-bond donors (Lipinski definition) is 1. The van der Waals surface area contributed by atoms with Gasteiger partial charge in [0.25, 0.3) is 0 Å². The van der Waals surface area contributed by atoms with Gasteiger partial charge in [0, 0.05) is 16.5 Å². The molecule has 2 N–H and O–H groups in total. The highest BCUT2D eigenvalue weighted by molar-refractivity contribution is 5.99. The number of hydrogen-bond acceptors (Lipinski definition) is 3. The normalized spacial score (nSPS) is 9.45. The van der Waals surface area contributed by atoms with E-state index in [1.807, 2.05) is 30.3 Å². The first-order valence-electron chi connectivity index (χ1n) is 6.30. The van der Waals surface area contributed by atoms with Gasteiger partial charge in [0.05, 0.1) is 5.56 Å². The molecule has 0 unspecified atom stereocenters. The number of anilines is 1. The van der Waals surface area contributed by atoms with Gasteiger partial charge in [-0.2, -0.15) is 0 Å². The average molecular weight is 336 g/mol. The molecule has 3 rings (SSSR count). The molecule has 0 atom stereocenters. The fraction of sp³-hybridized carbons (Fsp3) is 0. The van der Waals surface area contributed by atoms with Crippen LogP contribution in [0.15, 0.2) is 66.7 Å². The molecule has 3 aromatic carbocycles. The van der Waals surface area contributed by atoms with Gasteiger partial charge in [-0.3, -0.25) is 0 Å². The lowest BCUT2D eigenvalue weighted by Gasteiger charge is -2.09. The van der Waals surface area contributed by atoms with E-state index in [2.05, 4.69) is 0 Å². The van der Waals surface area contributed by atoms with Crippen LogP contribution in [0.3, 0.4) is 0 Å². The van der Waals surface area contributed by atoms with Crippen LogP contribution in [0.1, 0.15) is 10.4 Å². The van der Waals surface area contributed by atoms with Crippen LogP contribution in [-0.4, -0.2) is 5.97 Å². The minimum Gasteiger partial charge on any atom is -0.422 e. The molecule has 3 nitrogen and oxygen atoms in total. The molecule has 0 saturated carbocycles. The molecule has 22 heavy (non-hydrogen) atoms. The number of fused-ring (bicyclic) bond motifs is 1. The number of benzene rings is 3. The predicted octanol–water partition coefficient (Wildman–Crippen LogP) is 4.48. The second-order valence-electron chi connectivity index (χ2n) is 4.45. The molecule has 0 aliphatic carbocycles. The Morgan fingerprint density at radius 1 is 0.773 bits per heavy atom. The number of ether oxygens (including phenoxy) is 1. The van der Waals surface area contributed by atoms with E-state index in [1.54, 1.807) is 36.4 Å². The maximum absolute atomic E-state index is 12.1. The van der Waals surface area contributed by atoms with Crippen LogP contribution in [0, 0.1) is 0 Å². The summed E-state index contributed by atoms with van der Waals surface area (Å²) in [4.78, 5) is 12.1. The minimum absolute atomic E-state index is 0. The van der Waals surface area contributed by atoms with Crippen LogP contribution in [0.2, 0.25) is 0 Å². The topological polar surface area (TPSA) is 52.3 Å². The third-order valence-corrected chi connectivity index (χ3v) is 3.13. The van der Waals surface area contributed by atoms with Crippen LogP contribution >= 0.6 is 24.8 Å². The first-order valence-corrected chi connectivity index (χ1v) is 6.30. The van der Waals surface area contributed by atoms with E-state index < -0.39 is 0 Å². The number of carbonyl (C=O) groups is 1. The van der Waals surface area contributed by atoms with Gasteiger partial charge in [-0.15, -0.1) is 24.8 Å². The summed E-state index contributed by atoms with van der Waals surface area (Å²) < 4.78 is 5.47. The van der Waals surface area contributed by atoms with Gasteiger partial charge in [0.1, 0.15) is 5.75 Å². The Hall–Kier alpha value is -2.23. The average Bonchev–Trinajstić information content (AvgIpc) is 2.51. The molecule has 0 fully saturated rings. The molecule has 0 aliphatic rings. The smallest absolute Gasteiger partial charge is 0.343 e. The van der Waals surface area contributed by atoms with E-state index in [-0.39, 0.29) is 30.8 Å². The highest BCUT2D eigenvalue weighted by Gasteiger charge is 2.11. The van der Waals surface area contributed by atoms with Crippen LogP contribution in [0.4, 0.5) is 5.69 Å². The van der Waals surface area contributed by atoms with Crippen LogP contribution in [-0.2, 0) is 0 Å². The second kappa shape index (κ2) is 7.69. The van der Waals surface area contributed by atoms with E-state index in [0.29, 0.717) is 17.0 Å². The number of halogens is 2. The molecule has 0 amide bonds. The molecule has 0 aromatic heterocycles. The zero-order chi connectivity index (χ0) is 13.9. The molecule has 114 valence electrons. The lowest BCUT2D eigenvalue weighted by atomic mass is 10.1. The van der Waals surface area contributed by atoms with Gasteiger partial charge in [-0.25, -0.2) is 4.79 Å². The number of nitrogens with two attached hydrogens (primary N) is 1. The Morgan fingerprint density at radius 2 is 1.36 bits per heavy atom. The van der Waals surface area contributed by atoms with Crippen molar-refractivity contribution in [3.05, 3.63) is 72.3 Å². The SMILES string of the molecule is Cl.Cl.Nc1ccc(OC(=O)c2ccccc2)c2ccccc12. The van der Waals surface area contributed by atoms with Crippen molar-refractivity contribution in [3.8, 4) is 5.75 Å². The number of nitrogen functional groups attached to an aromatic ring is 1.